The quantitative estimate of drug-likeness (QED) is 0.800. The minimum Gasteiger partial charge on any atom is -0.367 e. The highest BCUT2D eigenvalue weighted by atomic mass is 15.1. The van der Waals surface area contributed by atoms with E-state index in [9.17, 15) is 0 Å². The minimum absolute atomic E-state index is 0.601. The lowest BCUT2D eigenvalue weighted by molar-refractivity contribution is 0.308. The van der Waals surface area contributed by atoms with Gasteiger partial charge in [-0.05, 0) is 31.2 Å². The first-order chi connectivity index (χ1) is 7.78. The molecule has 0 bridgehead atoms. The SMILES string of the molecule is CCCNc1nccc(NC2CC(C)C2)n1. The van der Waals surface area contributed by atoms with Crippen LogP contribution in [0.4, 0.5) is 11.8 Å². The van der Waals surface area contributed by atoms with Crippen molar-refractivity contribution in [3.63, 3.8) is 0 Å². The number of anilines is 2. The van der Waals surface area contributed by atoms with Crippen LogP contribution in [-0.4, -0.2) is 22.6 Å². The number of nitrogens with one attached hydrogen (secondary N) is 2. The second-order valence-electron chi connectivity index (χ2n) is 4.61. The van der Waals surface area contributed by atoms with Gasteiger partial charge in [0.15, 0.2) is 0 Å². The average Bonchev–Trinajstić information content (AvgIpc) is 2.25. The largest absolute Gasteiger partial charge is 0.367 e. The van der Waals surface area contributed by atoms with Gasteiger partial charge in [0.25, 0.3) is 0 Å². The van der Waals surface area contributed by atoms with Gasteiger partial charge in [0.1, 0.15) is 5.82 Å². The predicted octanol–water partition coefficient (Wildman–Crippen LogP) is 2.51. The smallest absolute Gasteiger partial charge is 0.224 e. The standard InChI is InChI=1S/C12H20N4/c1-3-5-13-12-14-6-4-11(16-12)15-10-7-9(2)8-10/h4,6,9-10H,3,5,7-8H2,1-2H3,(H2,13,14,15,16). The number of aromatic nitrogens is 2. The summed E-state index contributed by atoms with van der Waals surface area (Å²) in [5.74, 6) is 2.52. The Morgan fingerprint density at radius 3 is 2.94 bits per heavy atom. The Morgan fingerprint density at radius 1 is 1.44 bits per heavy atom. The second-order valence-corrected chi connectivity index (χ2v) is 4.61. The van der Waals surface area contributed by atoms with E-state index in [-0.39, 0.29) is 0 Å². The van der Waals surface area contributed by atoms with Crippen molar-refractivity contribution in [3.05, 3.63) is 12.3 Å². The summed E-state index contributed by atoms with van der Waals surface area (Å²) in [4.78, 5) is 8.60. The van der Waals surface area contributed by atoms with Gasteiger partial charge in [-0.25, -0.2) is 4.98 Å². The van der Waals surface area contributed by atoms with Gasteiger partial charge in [0.05, 0.1) is 0 Å². The van der Waals surface area contributed by atoms with Gasteiger partial charge in [-0.15, -0.1) is 0 Å². The van der Waals surface area contributed by atoms with E-state index in [0.29, 0.717) is 6.04 Å². The lowest BCUT2D eigenvalue weighted by Crippen LogP contribution is -2.34. The molecule has 88 valence electrons. The maximum Gasteiger partial charge on any atom is 0.224 e. The molecule has 0 aromatic carbocycles. The van der Waals surface area contributed by atoms with E-state index in [1.807, 2.05) is 6.07 Å². The highest BCUT2D eigenvalue weighted by Crippen LogP contribution is 2.28. The molecule has 4 heteroatoms. The van der Waals surface area contributed by atoms with Crippen LogP contribution >= 0.6 is 0 Å². The van der Waals surface area contributed by atoms with E-state index in [1.54, 1.807) is 6.20 Å². The van der Waals surface area contributed by atoms with E-state index < -0.39 is 0 Å². The van der Waals surface area contributed by atoms with Gasteiger partial charge in [-0.1, -0.05) is 13.8 Å². The molecule has 0 saturated heterocycles. The highest BCUT2D eigenvalue weighted by Gasteiger charge is 2.25. The van der Waals surface area contributed by atoms with Gasteiger partial charge in [0, 0.05) is 18.8 Å². The Balaban J connectivity index is 1.88. The fraction of sp³-hybridized carbons (Fsp3) is 0.667. The summed E-state index contributed by atoms with van der Waals surface area (Å²) in [6.07, 6.45) is 5.39. The van der Waals surface area contributed by atoms with E-state index in [1.165, 1.54) is 12.8 Å². The summed E-state index contributed by atoms with van der Waals surface area (Å²) in [6, 6.07) is 2.53. The van der Waals surface area contributed by atoms with Crippen LogP contribution in [0.25, 0.3) is 0 Å². The van der Waals surface area contributed by atoms with Crippen LogP contribution in [0, 0.1) is 5.92 Å². The van der Waals surface area contributed by atoms with Crippen LogP contribution in [0.15, 0.2) is 12.3 Å². The van der Waals surface area contributed by atoms with E-state index >= 15 is 0 Å². The third-order valence-corrected chi connectivity index (χ3v) is 2.91. The first-order valence-corrected chi connectivity index (χ1v) is 6.11. The summed E-state index contributed by atoms with van der Waals surface area (Å²) in [6.45, 7) is 5.33. The van der Waals surface area contributed by atoms with Gasteiger partial charge in [-0.2, -0.15) is 4.98 Å². The first-order valence-electron chi connectivity index (χ1n) is 6.11. The molecule has 1 aromatic rings. The maximum atomic E-state index is 4.42. The van der Waals surface area contributed by atoms with Crippen molar-refractivity contribution in [1.82, 2.24) is 9.97 Å². The molecule has 0 radical (unpaired) electrons. The van der Waals surface area contributed by atoms with Crippen molar-refractivity contribution in [1.29, 1.82) is 0 Å². The summed E-state index contributed by atoms with van der Waals surface area (Å²) < 4.78 is 0. The topological polar surface area (TPSA) is 49.8 Å². The van der Waals surface area contributed by atoms with E-state index in [2.05, 4.69) is 34.4 Å². The average molecular weight is 220 g/mol. The summed E-state index contributed by atoms with van der Waals surface area (Å²) in [5, 5.41) is 6.63. The molecule has 1 fully saturated rings. The zero-order chi connectivity index (χ0) is 11.4. The van der Waals surface area contributed by atoms with Gasteiger partial charge in [0.2, 0.25) is 5.95 Å². The third-order valence-electron chi connectivity index (χ3n) is 2.91. The zero-order valence-corrected chi connectivity index (χ0v) is 10.0. The summed E-state index contributed by atoms with van der Waals surface area (Å²) >= 11 is 0. The first kappa shape index (κ1) is 11.2. The monoisotopic (exact) mass is 220 g/mol. The van der Waals surface area contributed by atoms with Crippen molar-refractivity contribution >= 4 is 11.8 Å². The van der Waals surface area contributed by atoms with Crippen LogP contribution < -0.4 is 10.6 Å². The van der Waals surface area contributed by atoms with Crippen LogP contribution in [-0.2, 0) is 0 Å². The molecular formula is C12H20N4. The van der Waals surface area contributed by atoms with Crippen molar-refractivity contribution in [2.24, 2.45) is 5.92 Å². The Labute approximate surface area is 96.9 Å². The number of hydrogen-bond donors (Lipinski definition) is 2. The summed E-state index contributed by atoms with van der Waals surface area (Å²) in [7, 11) is 0. The molecule has 1 saturated carbocycles. The molecule has 1 aliphatic rings. The lowest BCUT2D eigenvalue weighted by atomic mass is 9.82. The van der Waals surface area contributed by atoms with Gasteiger partial charge in [-0.3, -0.25) is 0 Å². The highest BCUT2D eigenvalue weighted by molar-refractivity contribution is 5.40. The number of nitrogens with zero attached hydrogens (tertiary/aromatic N) is 2. The molecule has 2 rings (SSSR count). The molecule has 1 heterocycles. The van der Waals surface area contributed by atoms with Crippen molar-refractivity contribution in [2.45, 2.75) is 39.2 Å². The van der Waals surface area contributed by atoms with E-state index in [4.69, 9.17) is 0 Å². The fourth-order valence-electron chi connectivity index (χ4n) is 1.99. The van der Waals surface area contributed by atoms with Crippen LogP contribution in [0.5, 0.6) is 0 Å². The molecule has 1 aliphatic carbocycles. The Bertz CT molecular complexity index is 334. The molecule has 16 heavy (non-hydrogen) atoms. The van der Waals surface area contributed by atoms with Crippen molar-refractivity contribution in [3.8, 4) is 0 Å². The predicted molar refractivity (Wildman–Crippen MR) is 66.6 cm³/mol. The van der Waals surface area contributed by atoms with E-state index in [0.717, 1.165) is 30.6 Å². The maximum absolute atomic E-state index is 4.42. The lowest BCUT2D eigenvalue weighted by Gasteiger charge is -2.33. The number of rotatable bonds is 5. The second kappa shape index (κ2) is 5.14. The third kappa shape index (κ3) is 2.84. The molecular weight excluding hydrogens is 200 g/mol. The Kier molecular flexibility index (Phi) is 3.59. The molecule has 4 nitrogen and oxygen atoms in total. The molecule has 0 amide bonds. The minimum atomic E-state index is 0.601. The zero-order valence-electron chi connectivity index (χ0n) is 10.0. The van der Waals surface area contributed by atoms with Crippen LogP contribution in [0.3, 0.4) is 0 Å². The van der Waals surface area contributed by atoms with Crippen molar-refractivity contribution < 1.29 is 0 Å². The number of hydrogen-bond acceptors (Lipinski definition) is 4. The Hall–Kier alpha value is -1.32. The fourth-order valence-corrected chi connectivity index (χ4v) is 1.99. The van der Waals surface area contributed by atoms with Gasteiger partial charge >= 0.3 is 0 Å². The van der Waals surface area contributed by atoms with Crippen LogP contribution in [0.2, 0.25) is 0 Å². The van der Waals surface area contributed by atoms with Gasteiger partial charge < -0.3 is 10.6 Å². The summed E-state index contributed by atoms with van der Waals surface area (Å²) in [5.41, 5.74) is 0. The molecule has 0 atom stereocenters. The Morgan fingerprint density at radius 2 is 2.25 bits per heavy atom. The molecule has 0 aliphatic heterocycles. The molecule has 0 spiro atoms. The normalized spacial score (nSPS) is 23.6. The molecule has 2 N–H and O–H groups in total. The van der Waals surface area contributed by atoms with Crippen LogP contribution in [0.1, 0.15) is 33.1 Å². The molecule has 1 aromatic heterocycles. The molecule has 0 unspecified atom stereocenters. The van der Waals surface area contributed by atoms with Crippen molar-refractivity contribution in [2.75, 3.05) is 17.2 Å².